The first-order chi connectivity index (χ1) is 21.5. The van der Waals surface area contributed by atoms with Gasteiger partial charge in [0.15, 0.2) is 11.9 Å². The first-order valence-electron chi connectivity index (χ1n) is 16.5. The lowest BCUT2D eigenvalue weighted by Crippen LogP contribution is -2.30. The van der Waals surface area contributed by atoms with E-state index in [2.05, 4.69) is 23.8 Å². The second-order valence-electron chi connectivity index (χ2n) is 11.6. The molecule has 2 aromatic carbocycles. The summed E-state index contributed by atoms with van der Waals surface area (Å²) in [4.78, 5) is 8.62. The van der Waals surface area contributed by atoms with Gasteiger partial charge in [-0.15, -0.1) is 0 Å². The van der Waals surface area contributed by atoms with Gasteiger partial charge >= 0.3 is 5.92 Å². The molecule has 5 nitrogen and oxygen atoms in total. The van der Waals surface area contributed by atoms with Gasteiger partial charge in [0, 0.05) is 31.2 Å². The summed E-state index contributed by atoms with van der Waals surface area (Å²) in [7, 11) is 0. The van der Waals surface area contributed by atoms with Crippen LogP contribution < -0.4 is 9.47 Å². The van der Waals surface area contributed by atoms with E-state index >= 15 is 13.2 Å². The van der Waals surface area contributed by atoms with E-state index in [0.717, 1.165) is 36.1 Å². The van der Waals surface area contributed by atoms with Crippen LogP contribution in [-0.4, -0.2) is 35.9 Å². The fourth-order valence-corrected chi connectivity index (χ4v) is 5.47. The molecule has 0 aliphatic carbocycles. The molecule has 1 unspecified atom stereocenters. The van der Waals surface area contributed by atoms with Crippen molar-refractivity contribution in [3.8, 4) is 34.0 Å². The SMILES string of the molecule is CCCCCCCCOc1ccc(-c2cnc(-c3ccc4c(c3F)C(F)(F)C(CCCCOCCCCCC)O4)nc2)cc1. The Kier molecular flexibility index (Phi) is 13.3. The molecule has 0 saturated carbocycles. The molecule has 4 rings (SSSR count). The van der Waals surface area contributed by atoms with E-state index in [1.807, 2.05) is 24.3 Å². The number of hydrogen-bond donors (Lipinski definition) is 0. The lowest BCUT2D eigenvalue weighted by Gasteiger charge is -2.18. The molecule has 2 heterocycles. The molecule has 0 fully saturated rings. The molecule has 0 spiro atoms. The summed E-state index contributed by atoms with van der Waals surface area (Å²) < 4.78 is 63.2. The van der Waals surface area contributed by atoms with Crippen LogP contribution in [0.2, 0.25) is 0 Å². The number of rotatable bonds is 20. The normalized spacial score (nSPS) is 15.2. The van der Waals surface area contributed by atoms with Crippen LogP contribution in [0.15, 0.2) is 48.8 Å². The summed E-state index contributed by atoms with van der Waals surface area (Å²) in [5.41, 5.74) is 0.824. The van der Waals surface area contributed by atoms with Gasteiger partial charge in [-0.2, -0.15) is 8.78 Å². The van der Waals surface area contributed by atoms with Crippen LogP contribution in [0.3, 0.4) is 0 Å². The van der Waals surface area contributed by atoms with Crippen molar-refractivity contribution < 1.29 is 27.4 Å². The molecular formula is C36H47F3N2O3. The summed E-state index contributed by atoms with van der Waals surface area (Å²) in [5, 5.41) is 0. The standard InChI is InChI=1S/C36H47F3N2O3/c1-3-5-7-9-10-13-24-43-29-18-16-27(17-19-29)28-25-40-35(41-26-28)30-20-21-31-33(34(30)37)36(38,39)32(44-31)15-11-14-23-42-22-12-8-6-4-2/h16-21,25-26,32H,3-15,22-24H2,1-2H3. The van der Waals surface area contributed by atoms with Crippen LogP contribution in [0.4, 0.5) is 13.2 Å². The third-order valence-electron chi connectivity index (χ3n) is 8.10. The number of nitrogens with zero attached hydrogens (tertiary/aromatic N) is 2. The average Bonchev–Trinajstić information content (AvgIpc) is 3.30. The van der Waals surface area contributed by atoms with E-state index in [1.165, 1.54) is 57.1 Å². The first-order valence-corrected chi connectivity index (χ1v) is 16.5. The molecule has 0 amide bonds. The van der Waals surface area contributed by atoms with Crippen LogP contribution in [0, 0.1) is 5.82 Å². The maximum absolute atomic E-state index is 15.5. The van der Waals surface area contributed by atoms with Crippen molar-refractivity contribution >= 4 is 0 Å². The van der Waals surface area contributed by atoms with Gasteiger partial charge in [0.1, 0.15) is 22.9 Å². The summed E-state index contributed by atoms with van der Waals surface area (Å²) in [6.07, 6.45) is 14.8. The third kappa shape index (κ3) is 9.19. The van der Waals surface area contributed by atoms with E-state index < -0.39 is 23.4 Å². The van der Waals surface area contributed by atoms with Crippen molar-refractivity contribution in [1.82, 2.24) is 9.97 Å². The average molecular weight is 613 g/mol. The van der Waals surface area contributed by atoms with E-state index in [4.69, 9.17) is 14.2 Å². The third-order valence-corrected chi connectivity index (χ3v) is 8.10. The van der Waals surface area contributed by atoms with Crippen LogP contribution in [-0.2, 0) is 10.7 Å². The molecule has 0 bridgehead atoms. The number of halogens is 3. The Labute approximate surface area is 260 Å². The Morgan fingerprint density at radius 1 is 0.727 bits per heavy atom. The fraction of sp³-hybridized carbons (Fsp3) is 0.556. The molecule has 1 atom stereocenters. The Hall–Kier alpha value is -3.13. The smallest absolute Gasteiger partial charge is 0.315 e. The van der Waals surface area contributed by atoms with Gasteiger partial charge in [-0.25, -0.2) is 14.4 Å². The minimum absolute atomic E-state index is 0.0447. The molecule has 1 aliphatic rings. The number of unbranched alkanes of at least 4 members (excludes halogenated alkanes) is 9. The van der Waals surface area contributed by atoms with Crippen molar-refractivity contribution in [2.24, 2.45) is 0 Å². The largest absolute Gasteiger partial charge is 0.494 e. The van der Waals surface area contributed by atoms with Crippen LogP contribution >= 0.6 is 0 Å². The Morgan fingerprint density at radius 3 is 2.05 bits per heavy atom. The summed E-state index contributed by atoms with van der Waals surface area (Å²) in [6, 6.07) is 10.4. The molecular weight excluding hydrogens is 565 g/mol. The van der Waals surface area contributed by atoms with E-state index in [9.17, 15) is 0 Å². The minimum atomic E-state index is -3.45. The number of alkyl halides is 2. The fourth-order valence-electron chi connectivity index (χ4n) is 5.47. The lowest BCUT2D eigenvalue weighted by atomic mass is 9.98. The van der Waals surface area contributed by atoms with Crippen LogP contribution in [0.5, 0.6) is 11.5 Å². The molecule has 0 radical (unpaired) electrons. The predicted molar refractivity (Wildman–Crippen MR) is 169 cm³/mol. The van der Waals surface area contributed by atoms with Gasteiger partial charge in [0.2, 0.25) is 0 Å². The molecule has 1 aromatic heterocycles. The minimum Gasteiger partial charge on any atom is -0.494 e. The van der Waals surface area contributed by atoms with Crippen LogP contribution in [0.1, 0.15) is 103 Å². The highest BCUT2D eigenvalue weighted by Gasteiger charge is 2.53. The van der Waals surface area contributed by atoms with Gasteiger partial charge in [0.25, 0.3) is 0 Å². The van der Waals surface area contributed by atoms with Crippen LogP contribution in [0.25, 0.3) is 22.5 Å². The van der Waals surface area contributed by atoms with E-state index in [0.29, 0.717) is 32.7 Å². The van der Waals surface area contributed by atoms with Crippen molar-refractivity contribution in [2.45, 2.75) is 109 Å². The Morgan fingerprint density at radius 2 is 1.34 bits per heavy atom. The maximum atomic E-state index is 15.5. The quantitative estimate of drug-likeness (QED) is 0.119. The zero-order valence-electron chi connectivity index (χ0n) is 26.3. The topological polar surface area (TPSA) is 53.5 Å². The number of ether oxygens (including phenoxy) is 3. The highest BCUT2D eigenvalue weighted by molar-refractivity contribution is 5.66. The van der Waals surface area contributed by atoms with Gasteiger partial charge in [-0.05, 0) is 61.9 Å². The van der Waals surface area contributed by atoms with Crippen molar-refractivity contribution in [1.29, 1.82) is 0 Å². The molecule has 8 heteroatoms. The summed E-state index contributed by atoms with van der Waals surface area (Å²) in [6.45, 7) is 6.28. The van der Waals surface area contributed by atoms with Gasteiger partial charge in [-0.3, -0.25) is 0 Å². The van der Waals surface area contributed by atoms with Crippen molar-refractivity contribution in [3.05, 3.63) is 60.2 Å². The molecule has 240 valence electrons. The summed E-state index contributed by atoms with van der Waals surface area (Å²) in [5.74, 6) is -3.76. The van der Waals surface area contributed by atoms with Gasteiger partial charge < -0.3 is 14.2 Å². The second-order valence-corrected chi connectivity index (χ2v) is 11.6. The van der Waals surface area contributed by atoms with Gasteiger partial charge in [0.05, 0.1) is 12.2 Å². The molecule has 0 N–H and O–H groups in total. The number of fused-ring (bicyclic) bond motifs is 1. The number of hydrogen-bond acceptors (Lipinski definition) is 5. The molecule has 3 aromatic rings. The van der Waals surface area contributed by atoms with Crippen molar-refractivity contribution in [2.75, 3.05) is 19.8 Å². The van der Waals surface area contributed by atoms with E-state index in [1.54, 1.807) is 12.4 Å². The molecule has 44 heavy (non-hydrogen) atoms. The zero-order chi connectivity index (χ0) is 31.2. The first kappa shape index (κ1) is 33.8. The lowest BCUT2D eigenvalue weighted by molar-refractivity contribution is -0.0815. The predicted octanol–water partition coefficient (Wildman–Crippen LogP) is 10.3. The number of benzene rings is 2. The Balaban J connectivity index is 1.29. The Bertz CT molecular complexity index is 1270. The zero-order valence-corrected chi connectivity index (χ0v) is 26.3. The van der Waals surface area contributed by atoms with Gasteiger partial charge in [-0.1, -0.05) is 77.3 Å². The highest BCUT2D eigenvalue weighted by Crippen LogP contribution is 2.49. The maximum Gasteiger partial charge on any atom is 0.315 e. The number of aromatic nitrogens is 2. The summed E-state index contributed by atoms with van der Waals surface area (Å²) >= 11 is 0. The monoisotopic (exact) mass is 612 g/mol. The highest BCUT2D eigenvalue weighted by atomic mass is 19.3. The molecule has 1 aliphatic heterocycles. The van der Waals surface area contributed by atoms with E-state index in [-0.39, 0.29) is 23.6 Å². The van der Waals surface area contributed by atoms with Crippen molar-refractivity contribution in [3.63, 3.8) is 0 Å². The second kappa shape index (κ2) is 17.4. The molecule has 0 saturated heterocycles.